The molecule has 2 heteroatoms. The molecular formula is C15H32N2. The van der Waals surface area contributed by atoms with Gasteiger partial charge in [-0.1, -0.05) is 34.1 Å². The molecule has 1 rings (SSSR count). The smallest absolute Gasteiger partial charge is 0.0221 e. The van der Waals surface area contributed by atoms with E-state index in [2.05, 4.69) is 37.9 Å². The van der Waals surface area contributed by atoms with Crippen molar-refractivity contribution in [3.8, 4) is 0 Å². The zero-order valence-corrected chi connectivity index (χ0v) is 12.3. The van der Waals surface area contributed by atoms with E-state index in [9.17, 15) is 0 Å². The van der Waals surface area contributed by atoms with Crippen LogP contribution in [-0.4, -0.2) is 37.1 Å². The minimum Gasteiger partial charge on any atom is -0.315 e. The first-order valence-corrected chi connectivity index (χ1v) is 7.58. The number of rotatable bonds is 8. The van der Waals surface area contributed by atoms with Crippen molar-refractivity contribution in [3.63, 3.8) is 0 Å². The highest BCUT2D eigenvalue weighted by molar-refractivity contribution is 4.82. The summed E-state index contributed by atoms with van der Waals surface area (Å²) in [5.74, 6) is 1.63. The van der Waals surface area contributed by atoms with Crippen molar-refractivity contribution in [2.75, 3.05) is 26.2 Å². The van der Waals surface area contributed by atoms with E-state index < -0.39 is 0 Å². The fourth-order valence-electron chi connectivity index (χ4n) is 2.89. The van der Waals surface area contributed by atoms with Gasteiger partial charge in [-0.3, -0.25) is 4.90 Å². The van der Waals surface area contributed by atoms with Crippen LogP contribution in [0.2, 0.25) is 0 Å². The standard InChI is InChI=1S/C15H32N2/c1-5-7-14(4)12-17-9-6-8-15(17)11-16-10-13(2)3/h13-16H,5-12H2,1-4H3. The Labute approximate surface area is 108 Å². The zero-order chi connectivity index (χ0) is 12.7. The molecule has 1 N–H and O–H groups in total. The van der Waals surface area contributed by atoms with Crippen molar-refractivity contribution >= 4 is 0 Å². The summed E-state index contributed by atoms with van der Waals surface area (Å²) in [4.78, 5) is 2.72. The largest absolute Gasteiger partial charge is 0.315 e. The van der Waals surface area contributed by atoms with Crippen molar-refractivity contribution in [1.29, 1.82) is 0 Å². The maximum absolute atomic E-state index is 3.62. The lowest BCUT2D eigenvalue weighted by atomic mass is 10.1. The van der Waals surface area contributed by atoms with E-state index in [1.54, 1.807) is 0 Å². The molecule has 1 saturated heterocycles. The first-order valence-electron chi connectivity index (χ1n) is 7.58. The molecular weight excluding hydrogens is 208 g/mol. The van der Waals surface area contributed by atoms with E-state index >= 15 is 0 Å². The van der Waals surface area contributed by atoms with Gasteiger partial charge in [0.05, 0.1) is 0 Å². The average Bonchev–Trinajstić information content (AvgIpc) is 2.65. The molecule has 1 aliphatic rings. The first kappa shape index (κ1) is 15.0. The molecule has 1 heterocycles. The number of nitrogens with zero attached hydrogens (tertiary/aromatic N) is 1. The van der Waals surface area contributed by atoms with Gasteiger partial charge in [0.25, 0.3) is 0 Å². The minimum absolute atomic E-state index is 0.767. The molecule has 0 radical (unpaired) electrons. The van der Waals surface area contributed by atoms with Crippen molar-refractivity contribution in [3.05, 3.63) is 0 Å². The molecule has 102 valence electrons. The van der Waals surface area contributed by atoms with Crippen LogP contribution in [0.1, 0.15) is 53.4 Å². The Morgan fingerprint density at radius 1 is 1.29 bits per heavy atom. The molecule has 17 heavy (non-hydrogen) atoms. The summed E-state index contributed by atoms with van der Waals surface area (Å²) in [6.07, 6.45) is 5.49. The molecule has 2 unspecified atom stereocenters. The number of hydrogen-bond acceptors (Lipinski definition) is 2. The second-order valence-corrected chi connectivity index (χ2v) is 6.24. The third kappa shape index (κ3) is 5.87. The van der Waals surface area contributed by atoms with Gasteiger partial charge in [0.15, 0.2) is 0 Å². The number of likely N-dealkylation sites (tertiary alicyclic amines) is 1. The van der Waals surface area contributed by atoms with Crippen LogP contribution in [0, 0.1) is 11.8 Å². The predicted molar refractivity (Wildman–Crippen MR) is 76.4 cm³/mol. The van der Waals surface area contributed by atoms with Gasteiger partial charge in [0.2, 0.25) is 0 Å². The summed E-state index contributed by atoms with van der Waals surface area (Å²) in [6, 6.07) is 0.799. The van der Waals surface area contributed by atoms with Crippen molar-refractivity contribution < 1.29 is 0 Å². The van der Waals surface area contributed by atoms with E-state index in [1.807, 2.05) is 0 Å². The van der Waals surface area contributed by atoms with E-state index in [1.165, 1.54) is 45.3 Å². The molecule has 2 atom stereocenters. The van der Waals surface area contributed by atoms with Crippen LogP contribution in [-0.2, 0) is 0 Å². The molecule has 0 spiro atoms. The monoisotopic (exact) mass is 240 g/mol. The van der Waals surface area contributed by atoms with Gasteiger partial charge in [-0.05, 0) is 44.2 Å². The molecule has 1 aliphatic heterocycles. The van der Waals surface area contributed by atoms with Crippen LogP contribution in [0.4, 0.5) is 0 Å². The lowest BCUT2D eigenvalue weighted by molar-refractivity contribution is 0.210. The topological polar surface area (TPSA) is 15.3 Å². The number of nitrogens with one attached hydrogen (secondary N) is 1. The Morgan fingerprint density at radius 2 is 2.06 bits per heavy atom. The summed E-state index contributed by atoms with van der Waals surface area (Å²) >= 11 is 0. The lowest BCUT2D eigenvalue weighted by Gasteiger charge is -2.27. The highest BCUT2D eigenvalue weighted by Gasteiger charge is 2.24. The molecule has 0 amide bonds. The lowest BCUT2D eigenvalue weighted by Crippen LogP contribution is -2.40. The Morgan fingerprint density at radius 3 is 2.71 bits per heavy atom. The molecule has 0 aromatic carbocycles. The van der Waals surface area contributed by atoms with Gasteiger partial charge in [-0.2, -0.15) is 0 Å². The summed E-state index contributed by atoms with van der Waals surface area (Å²) in [6.45, 7) is 14.2. The predicted octanol–water partition coefficient (Wildman–Crippen LogP) is 3.13. The third-order valence-electron chi connectivity index (χ3n) is 3.76. The fourth-order valence-corrected chi connectivity index (χ4v) is 2.89. The van der Waals surface area contributed by atoms with E-state index in [0.29, 0.717) is 0 Å². The zero-order valence-electron chi connectivity index (χ0n) is 12.3. The van der Waals surface area contributed by atoms with Crippen molar-refractivity contribution in [2.45, 2.75) is 59.4 Å². The average molecular weight is 240 g/mol. The molecule has 2 nitrogen and oxygen atoms in total. The molecule has 0 saturated carbocycles. The maximum atomic E-state index is 3.62. The first-order chi connectivity index (χ1) is 8.13. The quantitative estimate of drug-likeness (QED) is 0.701. The van der Waals surface area contributed by atoms with Crippen LogP contribution in [0.5, 0.6) is 0 Å². The third-order valence-corrected chi connectivity index (χ3v) is 3.76. The van der Waals surface area contributed by atoms with Gasteiger partial charge in [-0.15, -0.1) is 0 Å². The second-order valence-electron chi connectivity index (χ2n) is 6.24. The van der Waals surface area contributed by atoms with Crippen LogP contribution < -0.4 is 5.32 Å². The Balaban J connectivity index is 2.23. The minimum atomic E-state index is 0.767. The fraction of sp³-hybridized carbons (Fsp3) is 1.00. The molecule has 0 bridgehead atoms. The van der Waals surface area contributed by atoms with E-state index in [4.69, 9.17) is 0 Å². The summed E-state index contributed by atoms with van der Waals surface area (Å²) in [7, 11) is 0. The normalized spacial score (nSPS) is 23.5. The highest BCUT2D eigenvalue weighted by atomic mass is 15.2. The Hall–Kier alpha value is -0.0800. The van der Waals surface area contributed by atoms with Crippen LogP contribution in [0.3, 0.4) is 0 Å². The van der Waals surface area contributed by atoms with Gasteiger partial charge in [0, 0.05) is 19.1 Å². The summed E-state index contributed by atoms with van der Waals surface area (Å²) in [5.41, 5.74) is 0. The molecule has 0 aliphatic carbocycles. The highest BCUT2D eigenvalue weighted by Crippen LogP contribution is 2.19. The second kappa shape index (κ2) is 8.10. The van der Waals surface area contributed by atoms with Crippen LogP contribution >= 0.6 is 0 Å². The molecule has 0 aromatic heterocycles. The SMILES string of the molecule is CCCC(C)CN1CCCC1CNCC(C)C. The van der Waals surface area contributed by atoms with Gasteiger partial charge >= 0.3 is 0 Å². The maximum Gasteiger partial charge on any atom is 0.0221 e. The van der Waals surface area contributed by atoms with Crippen LogP contribution in [0.25, 0.3) is 0 Å². The molecule has 1 fully saturated rings. The molecule has 0 aromatic rings. The van der Waals surface area contributed by atoms with Gasteiger partial charge in [-0.25, -0.2) is 0 Å². The van der Waals surface area contributed by atoms with Crippen molar-refractivity contribution in [1.82, 2.24) is 10.2 Å². The Kier molecular flexibility index (Phi) is 7.14. The Bertz CT molecular complexity index is 191. The summed E-state index contributed by atoms with van der Waals surface area (Å²) in [5, 5.41) is 3.62. The van der Waals surface area contributed by atoms with E-state index in [0.717, 1.165) is 24.4 Å². The van der Waals surface area contributed by atoms with Crippen LogP contribution in [0.15, 0.2) is 0 Å². The number of hydrogen-bond donors (Lipinski definition) is 1. The summed E-state index contributed by atoms with van der Waals surface area (Å²) < 4.78 is 0. The van der Waals surface area contributed by atoms with E-state index in [-0.39, 0.29) is 0 Å². The van der Waals surface area contributed by atoms with Gasteiger partial charge in [0.1, 0.15) is 0 Å². The van der Waals surface area contributed by atoms with Gasteiger partial charge < -0.3 is 5.32 Å². The van der Waals surface area contributed by atoms with Crippen molar-refractivity contribution in [2.24, 2.45) is 11.8 Å².